The molecule has 0 radical (unpaired) electrons. The Morgan fingerprint density at radius 2 is 2.17 bits per heavy atom. The van der Waals surface area contributed by atoms with Gasteiger partial charge in [0.05, 0.1) is 12.2 Å². The highest BCUT2D eigenvalue weighted by Gasteiger charge is 2.31. The molecule has 4 heteroatoms. The lowest BCUT2D eigenvalue weighted by atomic mass is 9.97. The van der Waals surface area contributed by atoms with Crippen LogP contribution in [0, 0.1) is 0 Å². The highest BCUT2D eigenvalue weighted by molar-refractivity contribution is 5.30. The molecule has 1 aromatic carbocycles. The third-order valence-electron chi connectivity index (χ3n) is 5.03. The molecule has 3 atom stereocenters. The molecule has 23 heavy (non-hydrogen) atoms. The van der Waals surface area contributed by atoms with E-state index in [9.17, 15) is 5.11 Å². The fraction of sp³-hybridized carbons (Fsp3) is 0.684. The number of ether oxygens (including phenoxy) is 1. The van der Waals surface area contributed by atoms with Crippen LogP contribution < -0.4 is 10.1 Å². The van der Waals surface area contributed by atoms with E-state index in [0.717, 1.165) is 17.4 Å². The molecule has 2 heterocycles. The van der Waals surface area contributed by atoms with Gasteiger partial charge in [0.25, 0.3) is 0 Å². The first-order valence-electron chi connectivity index (χ1n) is 9.04. The van der Waals surface area contributed by atoms with Gasteiger partial charge in [-0.1, -0.05) is 12.1 Å². The van der Waals surface area contributed by atoms with E-state index in [-0.39, 0.29) is 6.10 Å². The predicted molar refractivity (Wildman–Crippen MR) is 92.8 cm³/mol. The molecule has 2 aliphatic rings. The molecule has 128 valence electrons. The Balaban J connectivity index is 1.50. The lowest BCUT2D eigenvalue weighted by molar-refractivity contribution is 0.138. The number of rotatable bonds is 6. The van der Waals surface area contributed by atoms with Crippen molar-refractivity contribution in [2.75, 3.05) is 19.6 Å². The molecule has 4 nitrogen and oxygen atoms in total. The molecule has 2 N–H and O–H groups in total. The van der Waals surface area contributed by atoms with E-state index in [1.807, 2.05) is 38.1 Å². The van der Waals surface area contributed by atoms with Crippen molar-refractivity contribution < 1.29 is 9.84 Å². The molecule has 0 aliphatic carbocycles. The Kier molecular flexibility index (Phi) is 5.57. The van der Waals surface area contributed by atoms with Crippen molar-refractivity contribution in [2.45, 2.75) is 63.8 Å². The zero-order valence-corrected chi connectivity index (χ0v) is 14.4. The van der Waals surface area contributed by atoms with Crippen LogP contribution in [0.3, 0.4) is 0 Å². The summed E-state index contributed by atoms with van der Waals surface area (Å²) in [5, 5.41) is 14.0. The zero-order valence-electron chi connectivity index (χ0n) is 14.4. The lowest BCUT2D eigenvalue weighted by Gasteiger charge is -2.35. The van der Waals surface area contributed by atoms with E-state index >= 15 is 0 Å². The molecule has 2 fully saturated rings. The summed E-state index contributed by atoms with van der Waals surface area (Å²) < 4.78 is 5.71. The first-order valence-corrected chi connectivity index (χ1v) is 9.04. The van der Waals surface area contributed by atoms with Crippen molar-refractivity contribution in [2.24, 2.45) is 0 Å². The van der Waals surface area contributed by atoms with Crippen LogP contribution in [-0.2, 0) is 0 Å². The van der Waals surface area contributed by atoms with Gasteiger partial charge in [0.1, 0.15) is 5.75 Å². The van der Waals surface area contributed by atoms with E-state index < -0.39 is 6.10 Å². The summed E-state index contributed by atoms with van der Waals surface area (Å²) in [4.78, 5) is 2.63. The number of fused-ring (bicyclic) bond motifs is 1. The van der Waals surface area contributed by atoms with Gasteiger partial charge in [-0.25, -0.2) is 0 Å². The van der Waals surface area contributed by atoms with Crippen LogP contribution in [0.4, 0.5) is 0 Å². The van der Waals surface area contributed by atoms with Gasteiger partial charge in [-0.2, -0.15) is 0 Å². The number of hydrogen-bond donors (Lipinski definition) is 2. The average molecular weight is 318 g/mol. The number of benzene rings is 1. The maximum absolute atomic E-state index is 10.5. The Morgan fingerprint density at radius 1 is 1.30 bits per heavy atom. The molecule has 0 amide bonds. The maximum Gasteiger partial charge on any atom is 0.120 e. The normalized spacial score (nSPS) is 26.3. The van der Waals surface area contributed by atoms with Crippen molar-refractivity contribution >= 4 is 0 Å². The Morgan fingerprint density at radius 3 is 3.00 bits per heavy atom. The van der Waals surface area contributed by atoms with Gasteiger partial charge in [0, 0.05) is 18.6 Å². The molecule has 0 spiro atoms. The molecule has 1 aromatic rings. The third kappa shape index (κ3) is 4.46. The molecule has 3 unspecified atom stereocenters. The van der Waals surface area contributed by atoms with Gasteiger partial charge < -0.3 is 20.1 Å². The minimum atomic E-state index is -0.479. The Labute approximate surface area is 139 Å². The minimum absolute atomic E-state index is 0.150. The van der Waals surface area contributed by atoms with Crippen LogP contribution in [0.1, 0.15) is 51.2 Å². The van der Waals surface area contributed by atoms with Crippen LogP contribution in [-0.4, -0.2) is 47.8 Å². The van der Waals surface area contributed by atoms with Crippen molar-refractivity contribution in [1.29, 1.82) is 0 Å². The van der Waals surface area contributed by atoms with Gasteiger partial charge in [-0.15, -0.1) is 0 Å². The fourth-order valence-corrected chi connectivity index (χ4v) is 3.87. The second-order valence-corrected chi connectivity index (χ2v) is 7.22. The summed E-state index contributed by atoms with van der Waals surface area (Å²) in [5.74, 6) is 0.829. The third-order valence-corrected chi connectivity index (χ3v) is 5.03. The Hall–Kier alpha value is -1.10. The predicted octanol–water partition coefficient (Wildman–Crippen LogP) is 2.72. The topological polar surface area (TPSA) is 44.7 Å². The first-order chi connectivity index (χ1) is 11.1. The maximum atomic E-state index is 10.5. The summed E-state index contributed by atoms with van der Waals surface area (Å²) >= 11 is 0. The van der Waals surface area contributed by atoms with Crippen LogP contribution >= 0.6 is 0 Å². The quantitative estimate of drug-likeness (QED) is 0.846. The molecule has 0 saturated carbocycles. The molecule has 2 aliphatic heterocycles. The largest absolute Gasteiger partial charge is 0.491 e. The summed E-state index contributed by atoms with van der Waals surface area (Å²) in [5.41, 5.74) is 0.925. The summed E-state index contributed by atoms with van der Waals surface area (Å²) in [6.07, 6.45) is 4.78. The smallest absolute Gasteiger partial charge is 0.120 e. The van der Waals surface area contributed by atoms with Crippen LogP contribution in [0.15, 0.2) is 24.3 Å². The highest BCUT2D eigenvalue weighted by Crippen LogP contribution is 2.27. The average Bonchev–Trinajstić information content (AvgIpc) is 3.00. The van der Waals surface area contributed by atoms with E-state index in [1.54, 1.807) is 0 Å². The molecule has 0 bridgehead atoms. The molecule has 2 saturated heterocycles. The number of piperidine rings is 1. The fourth-order valence-electron chi connectivity index (χ4n) is 3.87. The molecule has 0 aromatic heterocycles. The zero-order chi connectivity index (χ0) is 16.2. The highest BCUT2D eigenvalue weighted by atomic mass is 16.5. The molecule has 3 rings (SSSR count). The van der Waals surface area contributed by atoms with Crippen LogP contribution in [0.2, 0.25) is 0 Å². The SMILES string of the molecule is CC(C)Oc1cccc(C(O)CNC2CCN3CCCC3C2)c1. The number of hydrogen-bond acceptors (Lipinski definition) is 4. The second-order valence-electron chi connectivity index (χ2n) is 7.22. The van der Waals surface area contributed by atoms with Crippen molar-refractivity contribution in [3.05, 3.63) is 29.8 Å². The summed E-state index contributed by atoms with van der Waals surface area (Å²) in [6, 6.07) is 9.12. The number of aliphatic hydroxyl groups excluding tert-OH is 1. The van der Waals surface area contributed by atoms with Gasteiger partial charge >= 0.3 is 0 Å². The first kappa shape index (κ1) is 16.7. The van der Waals surface area contributed by atoms with E-state index in [4.69, 9.17) is 4.74 Å². The monoisotopic (exact) mass is 318 g/mol. The Bertz CT molecular complexity index is 506. The minimum Gasteiger partial charge on any atom is -0.491 e. The van der Waals surface area contributed by atoms with Crippen molar-refractivity contribution in [3.63, 3.8) is 0 Å². The number of aliphatic hydroxyl groups is 1. The van der Waals surface area contributed by atoms with Crippen molar-refractivity contribution in [1.82, 2.24) is 10.2 Å². The van der Waals surface area contributed by atoms with Crippen LogP contribution in [0.25, 0.3) is 0 Å². The number of nitrogens with one attached hydrogen (secondary N) is 1. The molecular weight excluding hydrogens is 288 g/mol. The van der Waals surface area contributed by atoms with Crippen LogP contribution in [0.5, 0.6) is 5.75 Å². The summed E-state index contributed by atoms with van der Waals surface area (Å²) in [6.45, 7) is 7.13. The van der Waals surface area contributed by atoms with Crippen molar-refractivity contribution in [3.8, 4) is 5.75 Å². The summed E-state index contributed by atoms with van der Waals surface area (Å²) in [7, 11) is 0. The van der Waals surface area contributed by atoms with E-state index in [2.05, 4.69) is 10.2 Å². The van der Waals surface area contributed by atoms with Gasteiger partial charge in [-0.05, 0) is 70.3 Å². The van der Waals surface area contributed by atoms with E-state index in [1.165, 1.54) is 38.8 Å². The molecular formula is C19H30N2O2. The van der Waals surface area contributed by atoms with Gasteiger partial charge in [0.2, 0.25) is 0 Å². The second kappa shape index (κ2) is 7.65. The van der Waals surface area contributed by atoms with Gasteiger partial charge in [0.15, 0.2) is 0 Å². The number of nitrogens with zero attached hydrogens (tertiary/aromatic N) is 1. The lowest BCUT2D eigenvalue weighted by Crippen LogP contribution is -2.46. The van der Waals surface area contributed by atoms with Gasteiger partial charge in [-0.3, -0.25) is 0 Å². The standard InChI is InChI=1S/C19H30N2O2/c1-14(2)23-18-7-3-5-15(11-18)19(22)13-20-16-8-10-21-9-4-6-17(21)12-16/h3,5,7,11,14,16-17,19-20,22H,4,6,8-10,12-13H2,1-2H3. The van der Waals surface area contributed by atoms with E-state index in [0.29, 0.717) is 12.6 Å².